The summed E-state index contributed by atoms with van der Waals surface area (Å²) >= 11 is 1.40. The van der Waals surface area contributed by atoms with Crippen molar-refractivity contribution in [2.45, 2.75) is 38.1 Å². The SMILES string of the molecule is CCCN(CCC)S(=O)(=O)c1ccc(C(=O)N(Cc2cccnc2)c2nc3cc(OC)ccc3s2)cc1. The number of fused-ring (bicyclic) bond motifs is 1. The molecular formula is C27H30N4O4S2. The summed E-state index contributed by atoms with van der Waals surface area (Å²) in [5.74, 6) is 0.407. The number of nitrogens with zero attached hydrogens (tertiary/aromatic N) is 4. The predicted octanol–water partition coefficient (Wildman–Crippen LogP) is 5.36. The first-order valence-electron chi connectivity index (χ1n) is 12.1. The predicted molar refractivity (Wildman–Crippen MR) is 147 cm³/mol. The van der Waals surface area contributed by atoms with Crippen molar-refractivity contribution in [1.29, 1.82) is 0 Å². The van der Waals surface area contributed by atoms with Gasteiger partial charge in [-0.3, -0.25) is 14.7 Å². The van der Waals surface area contributed by atoms with E-state index in [2.05, 4.69) is 4.98 Å². The topological polar surface area (TPSA) is 92.7 Å². The minimum absolute atomic E-state index is 0.178. The normalized spacial score (nSPS) is 11.7. The molecule has 0 bridgehead atoms. The first kappa shape index (κ1) is 26.7. The summed E-state index contributed by atoms with van der Waals surface area (Å²) in [6.45, 7) is 5.09. The lowest BCUT2D eigenvalue weighted by atomic mass is 10.2. The highest BCUT2D eigenvalue weighted by Crippen LogP contribution is 2.33. The number of ether oxygens (including phenoxy) is 1. The van der Waals surface area contributed by atoms with Crippen LogP contribution in [-0.2, 0) is 16.6 Å². The van der Waals surface area contributed by atoms with E-state index in [1.54, 1.807) is 36.5 Å². The standard InChI is InChI=1S/C27H30N4O4S2/c1-4-15-30(16-5-2)37(33,34)23-11-8-21(9-12-23)26(32)31(19-20-7-6-14-28-18-20)27-29-24-17-22(35-3)10-13-25(24)36-27/h6-14,17-18H,4-5,15-16,19H2,1-3H3. The number of thiazole rings is 1. The molecule has 0 aliphatic heterocycles. The zero-order valence-corrected chi connectivity index (χ0v) is 22.8. The van der Waals surface area contributed by atoms with Gasteiger partial charge in [0.25, 0.3) is 5.91 Å². The van der Waals surface area contributed by atoms with Crippen molar-refractivity contribution in [2.24, 2.45) is 0 Å². The lowest BCUT2D eigenvalue weighted by molar-refractivity contribution is 0.0985. The molecule has 0 saturated heterocycles. The fourth-order valence-corrected chi connectivity index (χ4v) is 6.53. The Labute approximate surface area is 221 Å². The van der Waals surface area contributed by atoms with Crippen molar-refractivity contribution in [2.75, 3.05) is 25.1 Å². The fraction of sp³-hybridized carbons (Fsp3) is 0.296. The van der Waals surface area contributed by atoms with Gasteiger partial charge in [-0.05, 0) is 60.9 Å². The van der Waals surface area contributed by atoms with Crippen LogP contribution in [0.15, 0.2) is 71.9 Å². The molecule has 0 spiro atoms. The Bertz CT molecular complexity index is 1450. The van der Waals surface area contributed by atoms with Gasteiger partial charge in [0.05, 0.1) is 28.8 Å². The number of rotatable bonds is 11. The maximum atomic E-state index is 13.7. The van der Waals surface area contributed by atoms with E-state index < -0.39 is 10.0 Å². The van der Waals surface area contributed by atoms with Crippen molar-refractivity contribution in [1.82, 2.24) is 14.3 Å². The summed E-state index contributed by atoms with van der Waals surface area (Å²) in [5.41, 5.74) is 1.95. The molecule has 8 nitrogen and oxygen atoms in total. The van der Waals surface area contributed by atoms with E-state index in [9.17, 15) is 13.2 Å². The molecule has 0 N–H and O–H groups in total. The summed E-state index contributed by atoms with van der Waals surface area (Å²) < 4.78 is 34.0. The van der Waals surface area contributed by atoms with Crippen LogP contribution in [0.25, 0.3) is 10.2 Å². The van der Waals surface area contributed by atoms with Crippen molar-refractivity contribution in [3.8, 4) is 5.75 Å². The molecule has 0 aliphatic rings. The van der Waals surface area contributed by atoms with E-state index in [1.807, 2.05) is 44.2 Å². The third-order valence-corrected chi connectivity index (χ3v) is 8.78. The molecule has 1 amide bonds. The smallest absolute Gasteiger partial charge is 0.260 e. The van der Waals surface area contributed by atoms with Crippen LogP contribution in [0.2, 0.25) is 0 Å². The molecule has 0 radical (unpaired) electrons. The van der Waals surface area contributed by atoms with Crippen LogP contribution in [0, 0.1) is 0 Å². The number of carbonyl (C=O) groups excluding carboxylic acids is 1. The maximum absolute atomic E-state index is 13.7. The zero-order valence-electron chi connectivity index (χ0n) is 21.1. The quantitative estimate of drug-likeness (QED) is 0.255. The molecule has 10 heteroatoms. The van der Waals surface area contributed by atoms with Gasteiger partial charge >= 0.3 is 0 Å². The van der Waals surface area contributed by atoms with E-state index in [0.717, 1.165) is 28.6 Å². The molecule has 4 aromatic rings. The number of aromatic nitrogens is 2. The number of hydrogen-bond acceptors (Lipinski definition) is 7. The van der Waals surface area contributed by atoms with Crippen LogP contribution in [0.5, 0.6) is 5.75 Å². The number of sulfonamides is 1. The van der Waals surface area contributed by atoms with Gasteiger partial charge in [-0.15, -0.1) is 0 Å². The van der Waals surface area contributed by atoms with Crippen LogP contribution in [0.4, 0.5) is 5.13 Å². The first-order valence-corrected chi connectivity index (χ1v) is 14.4. The van der Waals surface area contributed by atoms with E-state index in [1.165, 1.54) is 27.8 Å². The van der Waals surface area contributed by atoms with Gasteiger partial charge in [0.2, 0.25) is 10.0 Å². The number of anilines is 1. The van der Waals surface area contributed by atoms with Crippen molar-refractivity contribution in [3.05, 3.63) is 78.1 Å². The van der Waals surface area contributed by atoms with Crippen molar-refractivity contribution < 1.29 is 17.9 Å². The molecule has 0 atom stereocenters. The molecule has 2 aromatic heterocycles. The van der Waals surface area contributed by atoms with E-state index in [0.29, 0.717) is 29.5 Å². The Kier molecular flexibility index (Phi) is 8.52. The molecule has 4 rings (SSSR count). The van der Waals surface area contributed by atoms with Gasteiger partial charge in [0, 0.05) is 37.1 Å². The minimum Gasteiger partial charge on any atom is -0.497 e. The summed E-state index contributed by atoms with van der Waals surface area (Å²) in [5, 5.41) is 0.533. The number of pyridine rings is 1. The van der Waals surface area contributed by atoms with Gasteiger partial charge in [0.1, 0.15) is 5.75 Å². The van der Waals surface area contributed by atoms with Crippen LogP contribution < -0.4 is 9.64 Å². The van der Waals surface area contributed by atoms with Gasteiger partial charge in [-0.2, -0.15) is 4.31 Å². The average molecular weight is 539 g/mol. The van der Waals surface area contributed by atoms with Gasteiger partial charge in [-0.1, -0.05) is 31.3 Å². The molecule has 0 aliphatic carbocycles. The highest BCUT2D eigenvalue weighted by Gasteiger charge is 2.25. The zero-order chi connectivity index (χ0) is 26.4. The lowest BCUT2D eigenvalue weighted by Crippen LogP contribution is -2.33. The fourth-order valence-electron chi connectivity index (χ4n) is 3.96. The third-order valence-electron chi connectivity index (χ3n) is 5.81. The number of carbonyl (C=O) groups is 1. The number of benzene rings is 2. The molecule has 2 aromatic carbocycles. The van der Waals surface area contributed by atoms with Crippen molar-refractivity contribution in [3.63, 3.8) is 0 Å². The van der Waals surface area contributed by atoms with E-state index >= 15 is 0 Å². The number of methoxy groups -OCH3 is 1. The second-order valence-electron chi connectivity index (χ2n) is 8.51. The van der Waals surface area contributed by atoms with E-state index in [4.69, 9.17) is 9.72 Å². The second kappa shape index (κ2) is 11.8. The molecule has 2 heterocycles. The Morgan fingerprint density at radius 3 is 2.38 bits per heavy atom. The average Bonchev–Trinajstić information content (AvgIpc) is 3.35. The van der Waals surface area contributed by atoms with Crippen LogP contribution in [-0.4, -0.2) is 48.8 Å². The minimum atomic E-state index is -3.63. The Hall–Kier alpha value is -3.34. The summed E-state index contributed by atoms with van der Waals surface area (Å²) in [7, 11) is -2.04. The molecule has 37 heavy (non-hydrogen) atoms. The van der Waals surface area contributed by atoms with Gasteiger partial charge in [-0.25, -0.2) is 13.4 Å². The molecule has 0 fully saturated rings. The molecule has 194 valence electrons. The largest absolute Gasteiger partial charge is 0.497 e. The highest BCUT2D eigenvalue weighted by molar-refractivity contribution is 7.89. The number of hydrogen-bond donors (Lipinski definition) is 0. The maximum Gasteiger partial charge on any atom is 0.260 e. The Balaban J connectivity index is 1.68. The monoisotopic (exact) mass is 538 g/mol. The van der Waals surface area contributed by atoms with Crippen LogP contribution >= 0.6 is 11.3 Å². The van der Waals surface area contributed by atoms with Crippen LogP contribution in [0.3, 0.4) is 0 Å². The summed E-state index contributed by atoms with van der Waals surface area (Å²) in [6.07, 6.45) is 4.85. The lowest BCUT2D eigenvalue weighted by Gasteiger charge is -2.22. The first-order chi connectivity index (χ1) is 17.9. The van der Waals surface area contributed by atoms with E-state index in [-0.39, 0.29) is 17.3 Å². The Morgan fingerprint density at radius 1 is 1.03 bits per heavy atom. The van der Waals surface area contributed by atoms with Crippen molar-refractivity contribution >= 4 is 42.6 Å². The Morgan fingerprint density at radius 2 is 1.76 bits per heavy atom. The summed E-state index contributed by atoms with van der Waals surface area (Å²) in [6, 6.07) is 15.5. The number of amides is 1. The second-order valence-corrected chi connectivity index (χ2v) is 11.5. The molecular weight excluding hydrogens is 508 g/mol. The van der Waals surface area contributed by atoms with Gasteiger partial charge < -0.3 is 4.74 Å². The van der Waals surface area contributed by atoms with Crippen LogP contribution in [0.1, 0.15) is 42.6 Å². The molecule has 0 saturated carbocycles. The molecule has 0 unspecified atom stereocenters. The summed E-state index contributed by atoms with van der Waals surface area (Å²) in [4.78, 5) is 24.4. The third kappa shape index (κ3) is 5.98. The highest BCUT2D eigenvalue weighted by atomic mass is 32.2. The van der Waals surface area contributed by atoms with Gasteiger partial charge in [0.15, 0.2) is 5.13 Å².